The van der Waals surface area contributed by atoms with Crippen LogP contribution in [0.3, 0.4) is 0 Å². The number of hydrogen-bond donors (Lipinski definition) is 0. The minimum Gasteiger partial charge on any atom is -0.455 e. The van der Waals surface area contributed by atoms with Gasteiger partial charge in [0.25, 0.3) is 0 Å². The predicted octanol–water partition coefficient (Wildman–Crippen LogP) is 5.63. The Bertz CT molecular complexity index is 902. The molecular weight excluding hydrogens is 363 g/mol. The zero-order valence-electron chi connectivity index (χ0n) is 13.6. The quantitative estimate of drug-likeness (QED) is 0.521. The van der Waals surface area contributed by atoms with Gasteiger partial charge in [-0.3, -0.25) is 0 Å². The van der Waals surface area contributed by atoms with Crippen molar-refractivity contribution in [3.63, 3.8) is 0 Å². The summed E-state index contributed by atoms with van der Waals surface area (Å²) >= 11 is 12.0. The Labute approximate surface area is 155 Å². The number of fused-ring (bicyclic) bond motifs is 1. The van der Waals surface area contributed by atoms with Crippen LogP contribution in [0.5, 0.6) is 0 Å². The van der Waals surface area contributed by atoms with Gasteiger partial charge in [0.1, 0.15) is 12.2 Å². The number of furan rings is 1. The summed E-state index contributed by atoms with van der Waals surface area (Å²) in [7, 11) is 0. The minimum atomic E-state index is -0.558. The average Bonchev–Trinajstić information content (AvgIpc) is 2.97. The molecule has 25 heavy (non-hydrogen) atoms. The van der Waals surface area contributed by atoms with Crippen LogP contribution in [-0.4, -0.2) is 12.6 Å². The average molecular weight is 379 g/mol. The lowest BCUT2D eigenvalue weighted by Crippen LogP contribution is -2.08. The van der Waals surface area contributed by atoms with Crippen LogP contribution in [0.25, 0.3) is 11.0 Å². The Morgan fingerprint density at radius 1 is 1.12 bits per heavy atom. The van der Waals surface area contributed by atoms with Crippen molar-refractivity contribution in [3.05, 3.63) is 69.4 Å². The Kier molecular flexibility index (Phi) is 5.63. The first-order chi connectivity index (χ1) is 12.1. The van der Waals surface area contributed by atoms with Crippen molar-refractivity contribution in [2.45, 2.75) is 20.1 Å². The zero-order valence-corrected chi connectivity index (χ0v) is 15.1. The number of para-hydroxylation sites is 1. The molecule has 3 aromatic rings. The summed E-state index contributed by atoms with van der Waals surface area (Å²) in [6, 6.07) is 12.4. The summed E-state index contributed by atoms with van der Waals surface area (Å²) in [4.78, 5) is 12.5. The molecule has 4 nitrogen and oxygen atoms in total. The molecule has 6 heteroatoms. The van der Waals surface area contributed by atoms with E-state index in [0.717, 1.165) is 5.39 Å². The molecule has 0 atom stereocenters. The number of rotatable bonds is 6. The van der Waals surface area contributed by atoms with E-state index in [-0.39, 0.29) is 19.0 Å². The van der Waals surface area contributed by atoms with Crippen LogP contribution in [-0.2, 0) is 22.7 Å². The van der Waals surface area contributed by atoms with E-state index in [1.54, 1.807) is 24.3 Å². The molecule has 0 aliphatic heterocycles. The van der Waals surface area contributed by atoms with Crippen LogP contribution in [0.2, 0.25) is 10.0 Å². The van der Waals surface area contributed by atoms with Gasteiger partial charge in [-0.25, -0.2) is 4.79 Å². The van der Waals surface area contributed by atoms with Gasteiger partial charge in [-0.15, -0.1) is 0 Å². The monoisotopic (exact) mass is 378 g/mol. The van der Waals surface area contributed by atoms with Crippen LogP contribution >= 0.6 is 23.2 Å². The third-order valence-corrected chi connectivity index (χ3v) is 4.30. The lowest BCUT2D eigenvalue weighted by molar-refractivity contribution is 0.0430. The van der Waals surface area contributed by atoms with Crippen LogP contribution in [0.4, 0.5) is 0 Å². The normalized spacial score (nSPS) is 11.0. The zero-order chi connectivity index (χ0) is 17.8. The topological polar surface area (TPSA) is 48.7 Å². The summed E-state index contributed by atoms with van der Waals surface area (Å²) in [6.45, 7) is 2.73. The molecular formula is C19H16Cl2O4. The van der Waals surface area contributed by atoms with Gasteiger partial charge in [-0.2, -0.15) is 0 Å². The van der Waals surface area contributed by atoms with Gasteiger partial charge in [0.05, 0.1) is 6.61 Å². The molecule has 2 aromatic carbocycles. The summed E-state index contributed by atoms with van der Waals surface area (Å²) in [5.41, 5.74) is 1.97. The van der Waals surface area contributed by atoms with Crippen molar-refractivity contribution in [2.75, 3.05) is 6.61 Å². The van der Waals surface area contributed by atoms with Crippen LogP contribution in [0.1, 0.15) is 28.6 Å². The molecule has 0 saturated heterocycles. The molecule has 0 fully saturated rings. The molecule has 0 amide bonds. The third kappa shape index (κ3) is 3.98. The molecule has 130 valence electrons. The van der Waals surface area contributed by atoms with Crippen LogP contribution in [0.15, 0.2) is 46.9 Å². The number of halogens is 2. The number of hydrogen-bond acceptors (Lipinski definition) is 4. The Balaban J connectivity index is 1.83. The first-order valence-corrected chi connectivity index (χ1v) is 8.55. The van der Waals surface area contributed by atoms with Gasteiger partial charge in [0.15, 0.2) is 0 Å². The summed E-state index contributed by atoms with van der Waals surface area (Å²) in [6.07, 6.45) is 0. The van der Waals surface area contributed by atoms with Gasteiger partial charge in [-0.05, 0) is 25.1 Å². The van der Waals surface area contributed by atoms with Crippen LogP contribution in [0, 0.1) is 0 Å². The molecule has 0 N–H and O–H groups in total. The first-order valence-electron chi connectivity index (χ1n) is 7.79. The van der Waals surface area contributed by atoms with Gasteiger partial charge in [-0.1, -0.05) is 47.5 Å². The molecule has 0 bridgehead atoms. The maximum atomic E-state index is 12.5. The number of carbonyl (C=O) groups excluding carboxylic acids is 1. The number of carbonyl (C=O) groups is 1. The highest BCUT2D eigenvalue weighted by Crippen LogP contribution is 2.28. The molecule has 0 aliphatic carbocycles. The van der Waals surface area contributed by atoms with Crippen molar-refractivity contribution >= 4 is 40.1 Å². The molecule has 0 spiro atoms. The standard InChI is InChI=1S/C19H16Cl2O4/c1-2-23-11-15-14-5-3-4-6-17(14)25-18(15)19(22)24-10-12-7-8-13(20)9-16(12)21/h3-9H,2,10-11H2,1H3. The maximum absolute atomic E-state index is 12.5. The largest absolute Gasteiger partial charge is 0.455 e. The second-order valence-electron chi connectivity index (χ2n) is 5.35. The molecule has 3 rings (SSSR count). The van der Waals surface area contributed by atoms with Gasteiger partial charge < -0.3 is 13.9 Å². The molecule has 0 saturated carbocycles. The van der Waals surface area contributed by atoms with Gasteiger partial charge in [0, 0.05) is 33.2 Å². The molecule has 1 heterocycles. The van der Waals surface area contributed by atoms with Gasteiger partial charge >= 0.3 is 5.97 Å². The van der Waals surface area contributed by atoms with Crippen LogP contribution < -0.4 is 0 Å². The lowest BCUT2D eigenvalue weighted by Gasteiger charge is -2.07. The van der Waals surface area contributed by atoms with Gasteiger partial charge in [0.2, 0.25) is 5.76 Å². The van der Waals surface area contributed by atoms with E-state index in [2.05, 4.69) is 0 Å². The highest BCUT2D eigenvalue weighted by atomic mass is 35.5. The van der Waals surface area contributed by atoms with Crippen molar-refractivity contribution in [3.8, 4) is 0 Å². The van der Waals surface area contributed by atoms with Crippen molar-refractivity contribution in [1.29, 1.82) is 0 Å². The molecule has 0 unspecified atom stereocenters. The number of benzene rings is 2. The second kappa shape index (κ2) is 7.91. The Morgan fingerprint density at radius 2 is 1.92 bits per heavy atom. The molecule has 0 radical (unpaired) electrons. The van der Waals surface area contributed by atoms with Crippen molar-refractivity contribution < 1.29 is 18.7 Å². The molecule has 1 aromatic heterocycles. The number of ether oxygens (including phenoxy) is 2. The van der Waals surface area contributed by atoms with E-state index in [0.29, 0.717) is 33.4 Å². The number of esters is 1. The highest BCUT2D eigenvalue weighted by molar-refractivity contribution is 6.35. The van der Waals surface area contributed by atoms with E-state index < -0.39 is 5.97 Å². The summed E-state index contributed by atoms with van der Waals surface area (Å²) < 4.78 is 16.5. The first kappa shape index (κ1) is 17.8. The fourth-order valence-corrected chi connectivity index (χ4v) is 2.92. The highest BCUT2D eigenvalue weighted by Gasteiger charge is 2.22. The minimum absolute atomic E-state index is 0.0277. The fraction of sp³-hybridized carbons (Fsp3) is 0.211. The Morgan fingerprint density at radius 3 is 2.68 bits per heavy atom. The third-order valence-electron chi connectivity index (χ3n) is 3.71. The van der Waals surface area contributed by atoms with Crippen molar-refractivity contribution in [1.82, 2.24) is 0 Å². The summed E-state index contributed by atoms with van der Waals surface area (Å²) in [5.74, 6) is -0.406. The SMILES string of the molecule is CCOCc1c(C(=O)OCc2ccc(Cl)cc2Cl)oc2ccccc12. The van der Waals surface area contributed by atoms with Crippen molar-refractivity contribution in [2.24, 2.45) is 0 Å². The van der Waals surface area contributed by atoms with E-state index in [4.69, 9.17) is 37.1 Å². The van der Waals surface area contributed by atoms with E-state index in [1.807, 2.05) is 25.1 Å². The van der Waals surface area contributed by atoms with E-state index >= 15 is 0 Å². The fourth-order valence-electron chi connectivity index (χ4n) is 2.46. The lowest BCUT2D eigenvalue weighted by atomic mass is 10.1. The van der Waals surface area contributed by atoms with E-state index in [9.17, 15) is 4.79 Å². The second-order valence-corrected chi connectivity index (χ2v) is 6.20. The predicted molar refractivity (Wildman–Crippen MR) is 97.1 cm³/mol. The van der Waals surface area contributed by atoms with E-state index in [1.165, 1.54) is 0 Å². The molecule has 0 aliphatic rings. The summed E-state index contributed by atoms with van der Waals surface area (Å²) in [5, 5.41) is 1.81. The maximum Gasteiger partial charge on any atom is 0.374 e. The smallest absolute Gasteiger partial charge is 0.374 e. The Hall–Kier alpha value is -2.01.